The van der Waals surface area contributed by atoms with Crippen LogP contribution in [0.5, 0.6) is 0 Å². The predicted octanol–water partition coefficient (Wildman–Crippen LogP) is 3.31. The summed E-state index contributed by atoms with van der Waals surface area (Å²) in [7, 11) is -1.91. The Kier molecular flexibility index (Phi) is 4.90. The lowest BCUT2D eigenvalue weighted by molar-refractivity contribution is 0.759. The summed E-state index contributed by atoms with van der Waals surface area (Å²) in [6, 6.07) is 0. The van der Waals surface area contributed by atoms with Gasteiger partial charge < -0.3 is 5.73 Å². The zero-order chi connectivity index (χ0) is 10.7. The molecule has 2 N–H and O–H groups in total. The predicted molar refractivity (Wildman–Crippen MR) is 68.7 cm³/mol. The SMILES string of the molecule is C[Si](C)(C)C(CCCN)[Si](C)(C)C. The second-order valence-electron chi connectivity index (χ2n) is 6.22. The number of hydrogen-bond donors (Lipinski definition) is 1. The van der Waals surface area contributed by atoms with E-state index in [0.717, 1.165) is 11.7 Å². The largest absolute Gasteiger partial charge is 0.330 e. The van der Waals surface area contributed by atoms with Crippen LogP contribution < -0.4 is 5.73 Å². The van der Waals surface area contributed by atoms with Gasteiger partial charge >= 0.3 is 0 Å². The van der Waals surface area contributed by atoms with Crippen LogP contribution in [0.1, 0.15) is 12.8 Å². The summed E-state index contributed by atoms with van der Waals surface area (Å²) in [6.45, 7) is 15.9. The van der Waals surface area contributed by atoms with E-state index < -0.39 is 16.1 Å². The molecule has 1 nitrogen and oxygen atoms in total. The molecule has 0 saturated carbocycles. The Morgan fingerprint density at radius 3 is 1.54 bits per heavy atom. The van der Waals surface area contributed by atoms with Crippen LogP contribution in [-0.4, -0.2) is 22.7 Å². The minimum atomic E-state index is -0.953. The van der Waals surface area contributed by atoms with Crippen LogP contribution in [-0.2, 0) is 0 Å². The van der Waals surface area contributed by atoms with Crippen LogP contribution in [0.25, 0.3) is 0 Å². The number of rotatable bonds is 5. The van der Waals surface area contributed by atoms with E-state index in [-0.39, 0.29) is 0 Å². The molecular weight excluding hydrogens is 190 g/mol. The molecule has 0 aliphatic rings. The second-order valence-corrected chi connectivity index (χ2v) is 17.7. The molecule has 0 saturated heterocycles. The third-order valence-corrected chi connectivity index (χ3v) is 12.7. The van der Waals surface area contributed by atoms with Crippen LogP contribution in [0.3, 0.4) is 0 Å². The normalized spacial score (nSPS) is 13.8. The Morgan fingerprint density at radius 2 is 1.31 bits per heavy atom. The van der Waals surface area contributed by atoms with Crippen molar-refractivity contribution in [2.75, 3.05) is 6.54 Å². The summed E-state index contributed by atoms with van der Waals surface area (Å²) in [5, 5.41) is 1.03. The zero-order valence-electron chi connectivity index (χ0n) is 10.3. The highest BCUT2D eigenvalue weighted by Gasteiger charge is 2.36. The van der Waals surface area contributed by atoms with Crippen molar-refractivity contribution in [2.45, 2.75) is 57.3 Å². The summed E-state index contributed by atoms with van der Waals surface area (Å²) in [5.41, 5.74) is 5.59. The fraction of sp³-hybridized carbons (Fsp3) is 1.00. The molecule has 0 aromatic heterocycles. The van der Waals surface area contributed by atoms with Gasteiger partial charge in [-0.3, -0.25) is 0 Å². The van der Waals surface area contributed by atoms with Crippen molar-refractivity contribution in [3.63, 3.8) is 0 Å². The fourth-order valence-corrected chi connectivity index (χ4v) is 15.0. The molecule has 80 valence electrons. The molecule has 0 rings (SSSR count). The van der Waals surface area contributed by atoms with Gasteiger partial charge in [0.25, 0.3) is 0 Å². The Hall–Kier alpha value is 0.394. The van der Waals surface area contributed by atoms with E-state index in [1.54, 1.807) is 0 Å². The first-order valence-electron chi connectivity index (χ1n) is 5.39. The summed E-state index contributed by atoms with van der Waals surface area (Å²) >= 11 is 0. The van der Waals surface area contributed by atoms with E-state index in [2.05, 4.69) is 39.3 Å². The van der Waals surface area contributed by atoms with Gasteiger partial charge in [-0.15, -0.1) is 0 Å². The lowest BCUT2D eigenvalue weighted by Gasteiger charge is -2.38. The first kappa shape index (κ1) is 13.4. The summed E-state index contributed by atoms with van der Waals surface area (Å²) in [6.07, 6.45) is 2.60. The quantitative estimate of drug-likeness (QED) is 0.703. The molecule has 0 atom stereocenters. The maximum Gasteiger partial charge on any atom is 0.0447 e. The molecule has 0 bridgehead atoms. The van der Waals surface area contributed by atoms with E-state index >= 15 is 0 Å². The Bertz CT molecular complexity index is 130. The molecule has 0 radical (unpaired) electrons. The monoisotopic (exact) mass is 217 g/mol. The Labute approximate surface area is 86.1 Å². The Balaban J connectivity index is 4.39. The molecule has 0 aromatic carbocycles. The molecule has 0 unspecified atom stereocenters. The van der Waals surface area contributed by atoms with Crippen LogP contribution in [0.2, 0.25) is 44.4 Å². The van der Waals surface area contributed by atoms with Crippen molar-refractivity contribution >= 4 is 16.1 Å². The molecule has 0 heterocycles. The van der Waals surface area contributed by atoms with Gasteiger partial charge in [0.05, 0.1) is 0 Å². The van der Waals surface area contributed by atoms with Gasteiger partial charge in [0.15, 0.2) is 0 Å². The highest BCUT2D eigenvalue weighted by molar-refractivity contribution is 6.96. The van der Waals surface area contributed by atoms with Crippen molar-refractivity contribution in [1.82, 2.24) is 0 Å². The average molecular weight is 218 g/mol. The van der Waals surface area contributed by atoms with Gasteiger partial charge in [0, 0.05) is 16.1 Å². The lowest BCUT2D eigenvalue weighted by atomic mass is 10.3. The minimum absolute atomic E-state index is 0.867. The fourth-order valence-electron chi connectivity index (χ4n) is 2.49. The molecule has 0 spiro atoms. The molecular formula is C10H27NSi2. The van der Waals surface area contributed by atoms with E-state index in [0.29, 0.717) is 0 Å². The lowest BCUT2D eigenvalue weighted by Crippen LogP contribution is -2.43. The Morgan fingerprint density at radius 1 is 0.923 bits per heavy atom. The van der Waals surface area contributed by atoms with Gasteiger partial charge in [-0.2, -0.15) is 0 Å². The first-order valence-corrected chi connectivity index (χ1v) is 12.5. The van der Waals surface area contributed by atoms with Crippen LogP contribution >= 0.6 is 0 Å². The first-order chi connectivity index (χ1) is 5.69. The maximum atomic E-state index is 5.59. The minimum Gasteiger partial charge on any atom is -0.330 e. The highest BCUT2D eigenvalue weighted by atomic mass is 28.4. The van der Waals surface area contributed by atoms with E-state index in [1.165, 1.54) is 12.8 Å². The van der Waals surface area contributed by atoms with Crippen molar-refractivity contribution < 1.29 is 0 Å². The summed E-state index contributed by atoms with van der Waals surface area (Å²) in [5.74, 6) is 0. The summed E-state index contributed by atoms with van der Waals surface area (Å²) in [4.78, 5) is 0. The van der Waals surface area contributed by atoms with Crippen LogP contribution in [0.4, 0.5) is 0 Å². The van der Waals surface area contributed by atoms with Gasteiger partial charge in [-0.1, -0.05) is 50.9 Å². The topological polar surface area (TPSA) is 26.0 Å². The molecule has 0 amide bonds. The van der Waals surface area contributed by atoms with Crippen molar-refractivity contribution in [1.29, 1.82) is 0 Å². The standard InChI is InChI=1S/C10H27NSi2/c1-12(2,3)10(8-7-9-11)13(4,5)6/h10H,7-9,11H2,1-6H3. The van der Waals surface area contributed by atoms with Crippen LogP contribution in [0.15, 0.2) is 0 Å². The molecule has 0 aliphatic carbocycles. The highest BCUT2D eigenvalue weighted by Crippen LogP contribution is 2.35. The van der Waals surface area contributed by atoms with Crippen molar-refractivity contribution in [3.8, 4) is 0 Å². The van der Waals surface area contributed by atoms with E-state index in [9.17, 15) is 0 Å². The smallest absolute Gasteiger partial charge is 0.0447 e. The van der Waals surface area contributed by atoms with E-state index in [4.69, 9.17) is 5.73 Å². The molecule has 0 aliphatic heterocycles. The molecule has 13 heavy (non-hydrogen) atoms. The van der Waals surface area contributed by atoms with Gasteiger partial charge in [0.2, 0.25) is 0 Å². The second kappa shape index (κ2) is 4.76. The van der Waals surface area contributed by atoms with Gasteiger partial charge in [0.1, 0.15) is 0 Å². The van der Waals surface area contributed by atoms with Crippen LogP contribution in [0, 0.1) is 0 Å². The third kappa shape index (κ3) is 4.98. The molecule has 3 heteroatoms. The molecule has 0 fully saturated rings. The van der Waals surface area contributed by atoms with Gasteiger partial charge in [-0.25, -0.2) is 0 Å². The maximum absolute atomic E-state index is 5.59. The summed E-state index contributed by atoms with van der Waals surface area (Å²) < 4.78 is 0. The van der Waals surface area contributed by atoms with Gasteiger partial charge in [-0.05, 0) is 13.0 Å². The van der Waals surface area contributed by atoms with Crippen molar-refractivity contribution in [2.24, 2.45) is 5.73 Å². The van der Waals surface area contributed by atoms with E-state index in [1.807, 2.05) is 0 Å². The third-order valence-electron chi connectivity index (χ3n) is 2.79. The van der Waals surface area contributed by atoms with Crippen molar-refractivity contribution in [3.05, 3.63) is 0 Å². The molecule has 0 aromatic rings. The number of nitrogens with two attached hydrogens (primary N) is 1. The zero-order valence-corrected chi connectivity index (χ0v) is 12.3. The average Bonchev–Trinajstić information content (AvgIpc) is 1.81. The number of hydrogen-bond acceptors (Lipinski definition) is 1.